The number of hydrogen-bond donors (Lipinski definition) is 2. The first-order chi connectivity index (χ1) is 5.72. The van der Waals surface area contributed by atoms with Crippen molar-refractivity contribution in [1.82, 2.24) is 9.97 Å². The normalized spacial score (nSPS) is 10.2. The van der Waals surface area contributed by atoms with Gasteiger partial charge in [-0.25, -0.2) is 4.98 Å². The Kier molecular flexibility index (Phi) is 3.68. The second-order valence-electron chi connectivity index (χ2n) is 2.26. The van der Waals surface area contributed by atoms with E-state index < -0.39 is 0 Å². The Morgan fingerprint density at radius 1 is 1.75 bits per heavy atom. The van der Waals surface area contributed by atoms with Crippen molar-refractivity contribution >= 4 is 24.4 Å². The number of thioether (sulfide) groups is 1. The van der Waals surface area contributed by atoms with Crippen LogP contribution < -0.4 is 5.56 Å². The molecule has 0 aliphatic heterocycles. The lowest BCUT2D eigenvalue weighted by molar-refractivity contribution is 0.906. The number of aromatic amines is 1. The molecule has 0 unspecified atom stereocenters. The topological polar surface area (TPSA) is 45.8 Å². The summed E-state index contributed by atoms with van der Waals surface area (Å²) in [6.45, 7) is 1.81. The number of aryl methyl sites for hydroxylation is 1. The lowest BCUT2D eigenvalue weighted by Crippen LogP contribution is -2.08. The Morgan fingerprint density at radius 3 is 3.08 bits per heavy atom. The van der Waals surface area contributed by atoms with E-state index in [0.29, 0.717) is 5.16 Å². The minimum absolute atomic E-state index is 0.0934. The van der Waals surface area contributed by atoms with Crippen LogP contribution in [0.1, 0.15) is 5.69 Å². The van der Waals surface area contributed by atoms with Crippen LogP contribution in [0.2, 0.25) is 0 Å². The molecule has 1 heterocycles. The summed E-state index contributed by atoms with van der Waals surface area (Å²) in [6, 6.07) is 1.48. The van der Waals surface area contributed by atoms with Gasteiger partial charge in [0.2, 0.25) is 0 Å². The second kappa shape index (κ2) is 4.57. The number of aromatic nitrogens is 2. The Hall–Kier alpha value is -0.420. The van der Waals surface area contributed by atoms with Crippen LogP contribution in [0.3, 0.4) is 0 Å². The van der Waals surface area contributed by atoms with E-state index in [-0.39, 0.29) is 5.56 Å². The summed E-state index contributed by atoms with van der Waals surface area (Å²) in [5, 5.41) is 0.675. The van der Waals surface area contributed by atoms with Gasteiger partial charge in [-0.3, -0.25) is 4.79 Å². The van der Waals surface area contributed by atoms with E-state index in [2.05, 4.69) is 22.6 Å². The van der Waals surface area contributed by atoms with Crippen LogP contribution in [0, 0.1) is 6.92 Å². The third-order valence-electron chi connectivity index (χ3n) is 1.18. The van der Waals surface area contributed by atoms with Crippen LogP contribution in [0.4, 0.5) is 0 Å². The molecule has 0 radical (unpaired) electrons. The predicted octanol–water partition coefficient (Wildman–Crippen LogP) is 1.10. The van der Waals surface area contributed by atoms with Crippen molar-refractivity contribution in [3.8, 4) is 0 Å². The van der Waals surface area contributed by atoms with E-state index in [9.17, 15) is 4.79 Å². The summed E-state index contributed by atoms with van der Waals surface area (Å²) < 4.78 is 0. The van der Waals surface area contributed by atoms with Gasteiger partial charge < -0.3 is 4.98 Å². The zero-order chi connectivity index (χ0) is 8.97. The number of rotatable bonds is 3. The molecule has 0 saturated heterocycles. The summed E-state index contributed by atoms with van der Waals surface area (Å²) in [5.74, 6) is 1.64. The highest BCUT2D eigenvalue weighted by Gasteiger charge is 1.96. The Bertz CT molecular complexity index is 311. The van der Waals surface area contributed by atoms with E-state index >= 15 is 0 Å². The fourth-order valence-corrected chi connectivity index (χ4v) is 1.70. The lowest BCUT2D eigenvalue weighted by Gasteiger charge is -1.98. The van der Waals surface area contributed by atoms with Crippen molar-refractivity contribution in [2.45, 2.75) is 12.1 Å². The van der Waals surface area contributed by atoms with Crippen LogP contribution in [0.15, 0.2) is 16.0 Å². The highest BCUT2D eigenvalue weighted by molar-refractivity contribution is 7.99. The zero-order valence-electron chi connectivity index (χ0n) is 6.70. The molecule has 0 saturated carbocycles. The molecular formula is C7H10N2OS2. The highest BCUT2D eigenvalue weighted by atomic mass is 32.2. The molecule has 0 fully saturated rings. The molecule has 3 nitrogen and oxygen atoms in total. The van der Waals surface area contributed by atoms with Gasteiger partial charge in [0.1, 0.15) is 0 Å². The molecule has 1 aromatic rings. The van der Waals surface area contributed by atoms with Gasteiger partial charge in [0.15, 0.2) is 5.16 Å². The number of hydrogen-bond acceptors (Lipinski definition) is 4. The summed E-state index contributed by atoms with van der Waals surface area (Å²) in [4.78, 5) is 17.7. The smallest absolute Gasteiger partial charge is 0.251 e. The minimum atomic E-state index is -0.0934. The second-order valence-corrected chi connectivity index (χ2v) is 3.79. The summed E-state index contributed by atoms with van der Waals surface area (Å²) in [5.41, 5.74) is 0.657. The highest BCUT2D eigenvalue weighted by Crippen LogP contribution is 2.10. The Balaban J connectivity index is 2.79. The van der Waals surface area contributed by atoms with Gasteiger partial charge in [0.05, 0.1) is 0 Å². The molecule has 0 bridgehead atoms. The van der Waals surface area contributed by atoms with Crippen LogP contribution >= 0.6 is 24.4 Å². The van der Waals surface area contributed by atoms with Crippen molar-refractivity contribution in [2.75, 3.05) is 11.5 Å². The maximum absolute atomic E-state index is 10.9. The largest absolute Gasteiger partial charge is 0.301 e. The molecule has 0 aliphatic rings. The molecule has 0 aliphatic carbocycles. The standard InChI is InChI=1S/C7H10N2OS2/c1-5-4-6(10)9-7(8-5)12-3-2-11/h4,11H,2-3H2,1H3,(H,8,9,10). The Morgan fingerprint density at radius 2 is 2.50 bits per heavy atom. The van der Waals surface area contributed by atoms with Gasteiger partial charge in [0.25, 0.3) is 5.56 Å². The van der Waals surface area contributed by atoms with Crippen molar-refractivity contribution in [3.05, 3.63) is 22.1 Å². The van der Waals surface area contributed by atoms with Crippen LogP contribution in [-0.4, -0.2) is 21.5 Å². The molecule has 66 valence electrons. The molecule has 1 aromatic heterocycles. The lowest BCUT2D eigenvalue weighted by atomic mass is 10.5. The van der Waals surface area contributed by atoms with E-state index in [1.807, 2.05) is 0 Å². The van der Waals surface area contributed by atoms with Crippen molar-refractivity contribution < 1.29 is 0 Å². The average Bonchev–Trinajstić information content (AvgIpc) is 1.99. The fourth-order valence-electron chi connectivity index (χ4n) is 0.762. The third-order valence-corrected chi connectivity index (χ3v) is 2.58. The number of nitrogens with one attached hydrogen (secondary N) is 1. The first-order valence-electron chi connectivity index (χ1n) is 3.54. The van der Waals surface area contributed by atoms with Crippen molar-refractivity contribution in [2.24, 2.45) is 0 Å². The van der Waals surface area contributed by atoms with Gasteiger partial charge in [-0.15, -0.1) is 0 Å². The number of thiol groups is 1. The predicted molar refractivity (Wildman–Crippen MR) is 54.2 cm³/mol. The average molecular weight is 202 g/mol. The van der Waals surface area contributed by atoms with Gasteiger partial charge in [0, 0.05) is 17.5 Å². The summed E-state index contributed by atoms with van der Waals surface area (Å²) in [6.07, 6.45) is 0. The van der Waals surface area contributed by atoms with Crippen molar-refractivity contribution in [1.29, 1.82) is 0 Å². The summed E-state index contributed by atoms with van der Waals surface area (Å²) >= 11 is 5.57. The molecule has 0 spiro atoms. The van der Waals surface area contributed by atoms with Gasteiger partial charge in [-0.2, -0.15) is 12.6 Å². The Labute approximate surface area is 80.4 Å². The first kappa shape index (κ1) is 9.67. The van der Waals surface area contributed by atoms with Gasteiger partial charge >= 0.3 is 0 Å². The SMILES string of the molecule is Cc1cc(=O)[nH]c(SCCS)n1. The first-order valence-corrected chi connectivity index (χ1v) is 5.16. The van der Waals surface area contributed by atoms with E-state index in [0.717, 1.165) is 17.2 Å². The number of H-pyrrole nitrogens is 1. The molecule has 12 heavy (non-hydrogen) atoms. The minimum Gasteiger partial charge on any atom is -0.301 e. The molecule has 1 N–H and O–H groups in total. The van der Waals surface area contributed by atoms with Crippen molar-refractivity contribution in [3.63, 3.8) is 0 Å². The maximum atomic E-state index is 10.9. The third kappa shape index (κ3) is 2.91. The molecule has 0 atom stereocenters. The monoisotopic (exact) mass is 202 g/mol. The van der Waals surface area contributed by atoms with Gasteiger partial charge in [-0.1, -0.05) is 11.8 Å². The summed E-state index contributed by atoms with van der Waals surface area (Å²) in [7, 11) is 0. The van der Waals surface area contributed by atoms with E-state index in [1.54, 1.807) is 6.92 Å². The van der Waals surface area contributed by atoms with Crippen LogP contribution in [0.5, 0.6) is 0 Å². The maximum Gasteiger partial charge on any atom is 0.251 e. The quantitative estimate of drug-likeness (QED) is 0.438. The molecule has 5 heteroatoms. The molecule has 0 aromatic carbocycles. The van der Waals surface area contributed by atoms with E-state index in [1.165, 1.54) is 17.8 Å². The molecule has 1 rings (SSSR count). The fraction of sp³-hybridized carbons (Fsp3) is 0.429. The van der Waals surface area contributed by atoms with Gasteiger partial charge in [-0.05, 0) is 12.7 Å². The number of nitrogens with zero attached hydrogens (tertiary/aromatic N) is 1. The van der Waals surface area contributed by atoms with Crippen LogP contribution in [0.25, 0.3) is 0 Å². The van der Waals surface area contributed by atoms with Crippen LogP contribution in [-0.2, 0) is 0 Å². The molecule has 0 amide bonds. The van der Waals surface area contributed by atoms with E-state index in [4.69, 9.17) is 0 Å². The molecular weight excluding hydrogens is 192 g/mol. The zero-order valence-corrected chi connectivity index (χ0v) is 8.41.